The Hall–Kier alpha value is -5.02. The fourth-order valence-corrected chi connectivity index (χ4v) is 8.38. The van der Waals surface area contributed by atoms with E-state index >= 15 is 0 Å². The summed E-state index contributed by atoms with van der Waals surface area (Å²) in [5, 5.41) is 1.26. The Labute approximate surface area is 266 Å². The van der Waals surface area contributed by atoms with Crippen molar-refractivity contribution in [1.29, 1.82) is 0 Å². The lowest BCUT2D eigenvalue weighted by Crippen LogP contribution is -2.68. The van der Waals surface area contributed by atoms with Gasteiger partial charge in [0.05, 0.1) is 5.52 Å². The van der Waals surface area contributed by atoms with Crippen molar-refractivity contribution in [1.82, 2.24) is 0 Å². The van der Waals surface area contributed by atoms with Gasteiger partial charge in [-0.1, -0.05) is 119 Å². The molecule has 0 radical (unpaired) electrons. The average molecular weight is 581 g/mol. The molecule has 5 aromatic carbocycles. The molecule has 0 fully saturated rings. The summed E-state index contributed by atoms with van der Waals surface area (Å²) in [4.78, 5) is 5.51. The van der Waals surface area contributed by atoms with Crippen LogP contribution in [0.15, 0.2) is 132 Å². The third-order valence-electron chi connectivity index (χ3n) is 10.1. The van der Waals surface area contributed by atoms with Crippen molar-refractivity contribution < 1.29 is 4.48 Å². The van der Waals surface area contributed by atoms with Crippen LogP contribution in [0.1, 0.15) is 39.2 Å². The van der Waals surface area contributed by atoms with Gasteiger partial charge >= 0.3 is 0 Å². The number of para-hydroxylation sites is 1. The fourth-order valence-electron chi connectivity index (χ4n) is 8.38. The van der Waals surface area contributed by atoms with Crippen LogP contribution in [0.2, 0.25) is 13.6 Å². The largest absolute Gasteiger partial charge is 0.422 e. The van der Waals surface area contributed by atoms with Crippen molar-refractivity contribution >= 4 is 34.3 Å². The van der Waals surface area contributed by atoms with Crippen LogP contribution in [0.5, 0.6) is 0 Å². The molecule has 2 nitrogen and oxygen atoms in total. The van der Waals surface area contributed by atoms with Gasteiger partial charge in [0, 0.05) is 17.0 Å². The molecule has 45 heavy (non-hydrogen) atoms. The second-order valence-electron chi connectivity index (χ2n) is 13.6. The first-order valence-corrected chi connectivity index (χ1v) is 16.2. The zero-order valence-electron chi connectivity index (χ0n) is 26.7. The van der Waals surface area contributed by atoms with Crippen LogP contribution in [0.25, 0.3) is 38.7 Å². The SMILES string of the molecule is Cc1cc(C)c(-c2ccc3c(c2)C(c2ccccc2)=CC2=Nc4cc(-c5ccccc5)c5ccccc5[n+]4[B-](C)(C)C23)c(C)c1. The van der Waals surface area contributed by atoms with Gasteiger partial charge < -0.3 is 4.48 Å². The van der Waals surface area contributed by atoms with Gasteiger partial charge in [0.2, 0.25) is 6.28 Å². The van der Waals surface area contributed by atoms with E-state index in [1.54, 1.807) is 0 Å². The zero-order chi connectivity index (χ0) is 30.9. The maximum Gasteiger partial charge on any atom is 0.278 e. The van der Waals surface area contributed by atoms with E-state index in [2.05, 4.69) is 166 Å². The smallest absolute Gasteiger partial charge is 0.278 e. The molecule has 0 N–H and O–H groups in total. The molecule has 1 aliphatic carbocycles. The second kappa shape index (κ2) is 10.3. The quantitative estimate of drug-likeness (QED) is 0.185. The first kappa shape index (κ1) is 27.5. The minimum Gasteiger partial charge on any atom is -0.422 e. The molecule has 218 valence electrons. The molecule has 3 heteroatoms. The zero-order valence-corrected chi connectivity index (χ0v) is 26.7. The highest BCUT2D eigenvalue weighted by Crippen LogP contribution is 2.46. The molecule has 2 heterocycles. The maximum atomic E-state index is 5.51. The lowest BCUT2D eigenvalue weighted by molar-refractivity contribution is -0.504. The first-order chi connectivity index (χ1) is 21.8. The summed E-state index contributed by atoms with van der Waals surface area (Å²) < 4.78 is 2.54. The molecule has 1 atom stereocenters. The summed E-state index contributed by atoms with van der Waals surface area (Å²) in [6.45, 7) is 11.6. The summed E-state index contributed by atoms with van der Waals surface area (Å²) in [7, 11) is 0. The van der Waals surface area contributed by atoms with Gasteiger partial charge in [-0.2, -0.15) is 0 Å². The fraction of sp³-hybridized carbons (Fsp3) is 0.143. The van der Waals surface area contributed by atoms with Gasteiger partial charge in [-0.25, -0.2) is 0 Å². The number of allylic oxidation sites excluding steroid dienone is 1. The van der Waals surface area contributed by atoms with Crippen molar-refractivity contribution in [3.8, 4) is 22.3 Å². The maximum absolute atomic E-state index is 5.51. The van der Waals surface area contributed by atoms with E-state index in [9.17, 15) is 0 Å². The van der Waals surface area contributed by atoms with Crippen LogP contribution in [0.4, 0.5) is 5.82 Å². The number of hydrogen-bond acceptors (Lipinski definition) is 1. The Morgan fingerprint density at radius 2 is 1.27 bits per heavy atom. The number of pyridine rings is 1. The molecule has 1 unspecified atom stereocenters. The molecule has 0 bridgehead atoms. The number of hydrogen-bond donors (Lipinski definition) is 0. The lowest BCUT2D eigenvalue weighted by Gasteiger charge is -2.44. The summed E-state index contributed by atoms with van der Waals surface area (Å²) in [5.74, 6) is 1.18. The third-order valence-corrected chi connectivity index (χ3v) is 10.1. The number of aryl methyl sites for hydroxylation is 3. The Kier molecular flexibility index (Phi) is 6.29. The number of aromatic nitrogens is 1. The van der Waals surface area contributed by atoms with Gasteiger partial charge in [0.1, 0.15) is 5.71 Å². The predicted octanol–water partition coefficient (Wildman–Crippen LogP) is 10.3. The van der Waals surface area contributed by atoms with Gasteiger partial charge in [-0.05, 0) is 89.3 Å². The van der Waals surface area contributed by atoms with Crippen LogP contribution in [0.3, 0.4) is 0 Å². The van der Waals surface area contributed by atoms with Crippen LogP contribution >= 0.6 is 0 Å². The number of rotatable bonds is 3. The van der Waals surface area contributed by atoms with Crippen molar-refractivity contribution in [3.63, 3.8) is 0 Å². The third kappa shape index (κ3) is 4.33. The Morgan fingerprint density at radius 3 is 1.98 bits per heavy atom. The molecule has 6 aromatic rings. The van der Waals surface area contributed by atoms with E-state index in [0.717, 1.165) is 11.5 Å². The first-order valence-electron chi connectivity index (χ1n) is 16.2. The monoisotopic (exact) mass is 580 g/mol. The van der Waals surface area contributed by atoms with Crippen LogP contribution < -0.4 is 4.48 Å². The van der Waals surface area contributed by atoms with E-state index in [0.29, 0.717) is 0 Å². The standard InChI is InChI=1S/C42H37BN2/c1-27-22-28(2)41(29(3)23-27)32-20-21-34-37(24-32)35(30-14-8-6-9-15-30)25-38-42(34)43(4,5)45-39-19-13-12-18-33(39)36(26-40(45)44-38)31-16-10-7-11-17-31/h6-26,42H,1-5H3. The molecular weight excluding hydrogens is 543 g/mol. The molecule has 1 aromatic heterocycles. The highest BCUT2D eigenvalue weighted by molar-refractivity contribution is 6.75. The molecule has 1 aliphatic heterocycles. The number of aliphatic imine (C=N–C) groups is 1. The van der Waals surface area contributed by atoms with Gasteiger partial charge in [0.25, 0.3) is 5.82 Å². The molecule has 0 saturated heterocycles. The van der Waals surface area contributed by atoms with Gasteiger partial charge in [0.15, 0.2) is 0 Å². The molecule has 8 rings (SSSR count). The topological polar surface area (TPSA) is 16.2 Å². The summed E-state index contributed by atoms with van der Waals surface area (Å²) in [5.41, 5.74) is 16.5. The predicted molar refractivity (Wildman–Crippen MR) is 192 cm³/mol. The van der Waals surface area contributed by atoms with Crippen molar-refractivity contribution in [3.05, 3.63) is 161 Å². The number of nitrogens with zero attached hydrogens (tertiary/aromatic N) is 2. The summed E-state index contributed by atoms with van der Waals surface area (Å²) >= 11 is 0. The van der Waals surface area contributed by atoms with E-state index in [-0.39, 0.29) is 5.82 Å². The van der Waals surface area contributed by atoms with Crippen LogP contribution in [-0.2, 0) is 0 Å². The number of fused-ring (bicyclic) bond motifs is 6. The Morgan fingerprint density at radius 1 is 0.622 bits per heavy atom. The summed E-state index contributed by atoms with van der Waals surface area (Å²) in [6.07, 6.45) is 1.23. The lowest BCUT2D eigenvalue weighted by atomic mass is 9.27. The normalized spacial score (nSPS) is 16.3. The molecule has 0 amide bonds. The van der Waals surface area contributed by atoms with Crippen molar-refractivity contribution in [2.24, 2.45) is 4.99 Å². The van der Waals surface area contributed by atoms with Crippen molar-refractivity contribution in [2.75, 3.05) is 0 Å². The second-order valence-corrected chi connectivity index (χ2v) is 13.6. The Bertz CT molecular complexity index is 2180. The molecule has 2 aliphatic rings. The highest BCUT2D eigenvalue weighted by atomic mass is 15.1. The highest BCUT2D eigenvalue weighted by Gasteiger charge is 2.46. The van der Waals surface area contributed by atoms with Crippen molar-refractivity contribution in [2.45, 2.75) is 40.2 Å². The van der Waals surface area contributed by atoms with E-state index in [4.69, 9.17) is 4.99 Å². The van der Waals surface area contributed by atoms with E-state index in [1.807, 2.05) is 0 Å². The van der Waals surface area contributed by atoms with E-state index < -0.39 is 6.28 Å². The van der Waals surface area contributed by atoms with Gasteiger partial charge in [-0.3, -0.25) is 0 Å². The molecule has 0 spiro atoms. The van der Waals surface area contributed by atoms with Gasteiger partial charge in [-0.15, -0.1) is 13.6 Å². The average Bonchev–Trinajstić information content (AvgIpc) is 3.04. The minimum absolute atomic E-state index is 0.158. The summed E-state index contributed by atoms with van der Waals surface area (Å²) in [6, 6.07) is 44.5. The minimum atomic E-state index is -1.15. The number of benzene rings is 5. The van der Waals surface area contributed by atoms with Crippen LogP contribution in [-0.4, -0.2) is 12.0 Å². The Balaban J connectivity index is 1.40. The van der Waals surface area contributed by atoms with Crippen LogP contribution in [0, 0.1) is 20.8 Å². The molecule has 0 saturated carbocycles. The van der Waals surface area contributed by atoms with E-state index in [1.165, 1.54) is 72.1 Å². The molecular formula is C42H37BN2.